The Kier molecular flexibility index (Phi) is 5.44. The Balaban J connectivity index is 2.81. The van der Waals surface area contributed by atoms with Gasteiger partial charge in [0.05, 0.1) is 6.10 Å². The molecule has 1 aliphatic rings. The quantitative estimate of drug-likeness (QED) is 0.512. The molecule has 0 spiro atoms. The van der Waals surface area contributed by atoms with Gasteiger partial charge in [-0.25, -0.2) is 4.39 Å². The lowest BCUT2D eigenvalue weighted by molar-refractivity contribution is 0.131. The van der Waals surface area contributed by atoms with Crippen molar-refractivity contribution in [2.24, 2.45) is 0 Å². The summed E-state index contributed by atoms with van der Waals surface area (Å²) in [6.45, 7) is 14.8. The molecule has 1 nitrogen and oxygen atoms in total. The highest BCUT2D eigenvalue weighted by molar-refractivity contribution is 6.74. The molecule has 2 atom stereocenters. The second-order valence-corrected chi connectivity index (χ2v) is 11.9. The molecule has 0 N–H and O–H groups in total. The summed E-state index contributed by atoms with van der Waals surface area (Å²) in [5.41, 5.74) is 1.51. The van der Waals surface area contributed by atoms with Crippen LogP contribution < -0.4 is 0 Å². The molecular weight excluding hydrogens is 279 g/mol. The van der Waals surface area contributed by atoms with E-state index in [9.17, 15) is 4.39 Å². The summed E-state index contributed by atoms with van der Waals surface area (Å²) in [5, 5.41) is 0.142. The summed E-state index contributed by atoms with van der Waals surface area (Å²) in [7, 11) is -1.85. The van der Waals surface area contributed by atoms with Crippen molar-refractivity contribution in [3.63, 3.8) is 0 Å². The van der Waals surface area contributed by atoms with E-state index in [0.717, 1.165) is 12.0 Å². The first-order valence-electron chi connectivity index (χ1n) is 6.84. The van der Waals surface area contributed by atoms with Crippen molar-refractivity contribution >= 4 is 19.9 Å². The molecule has 110 valence electrons. The summed E-state index contributed by atoms with van der Waals surface area (Å²) < 4.78 is 20.3. The average Bonchev–Trinajstić information content (AvgIpc) is 2.23. The van der Waals surface area contributed by atoms with Crippen molar-refractivity contribution in [2.75, 3.05) is 5.88 Å². The minimum atomic E-state index is -1.85. The molecule has 4 heteroatoms. The SMILES string of the molecule is C=C1C(=CCCl)CC(O[Si](C)(C)C(C)(C)C)C[C@@H]1F. The van der Waals surface area contributed by atoms with Gasteiger partial charge < -0.3 is 4.43 Å². The molecule has 0 aliphatic heterocycles. The largest absolute Gasteiger partial charge is 0.413 e. The van der Waals surface area contributed by atoms with Crippen LogP contribution in [0.15, 0.2) is 23.8 Å². The van der Waals surface area contributed by atoms with Gasteiger partial charge in [-0.05, 0) is 35.7 Å². The van der Waals surface area contributed by atoms with Crippen molar-refractivity contribution in [3.05, 3.63) is 23.8 Å². The molecule has 0 heterocycles. The maximum atomic E-state index is 14.0. The van der Waals surface area contributed by atoms with Gasteiger partial charge in [-0.1, -0.05) is 33.4 Å². The van der Waals surface area contributed by atoms with E-state index in [0.29, 0.717) is 17.9 Å². The van der Waals surface area contributed by atoms with Gasteiger partial charge in [-0.3, -0.25) is 0 Å². The molecule has 1 aliphatic carbocycles. The molecule has 0 saturated heterocycles. The molecular formula is C15H26ClFOSi. The predicted molar refractivity (Wildman–Crippen MR) is 84.1 cm³/mol. The van der Waals surface area contributed by atoms with Crippen LogP contribution in [0.3, 0.4) is 0 Å². The Labute approximate surface area is 123 Å². The molecule has 1 rings (SSSR count). The second-order valence-electron chi connectivity index (χ2n) is 6.82. The number of rotatable bonds is 3. The number of alkyl halides is 2. The summed E-state index contributed by atoms with van der Waals surface area (Å²) in [6.07, 6.45) is 1.97. The summed E-state index contributed by atoms with van der Waals surface area (Å²) in [4.78, 5) is 0. The van der Waals surface area contributed by atoms with Gasteiger partial charge in [0.1, 0.15) is 6.17 Å². The van der Waals surface area contributed by atoms with Crippen LogP contribution in [0, 0.1) is 0 Å². The number of allylic oxidation sites excluding steroid dienone is 2. The van der Waals surface area contributed by atoms with Crippen LogP contribution in [0.4, 0.5) is 4.39 Å². The van der Waals surface area contributed by atoms with Gasteiger partial charge in [0.25, 0.3) is 0 Å². The lowest BCUT2D eigenvalue weighted by Gasteiger charge is -2.41. The van der Waals surface area contributed by atoms with Gasteiger partial charge in [0.15, 0.2) is 8.32 Å². The van der Waals surface area contributed by atoms with Gasteiger partial charge in [0, 0.05) is 12.3 Å². The van der Waals surface area contributed by atoms with Crippen molar-refractivity contribution < 1.29 is 8.82 Å². The number of halogens is 2. The Morgan fingerprint density at radius 3 is 2.53 bits per heavy atom. The molecule has 1 saturated carbocycles. The van der Waals surface area contributed by atoms with Crippen molar-refractivity contribution in [1.82, 2.24) is 0 Å². The first-order chi connectivity index (χ1) is 8.58. The van der Waals surface area contributed by atoms with Crippen LogP contribution in [0.5, 0.6) is 0 Å². The molecule has 0 aromatic rings. The van der Waals surface area contributed by atoms with E-state index < -0.39 is 14.5 Å². The average molecular weight is 305 g/mol. The second kappa shape index (κ2) is 6.11. The van der Waals surface area contributed by atoms with Crippen LogP contribution in [-0.2, 0) is 4.43 Å². The van der Waals surface area contributed by atoms with E-state index in [2.05, 4.69) is 40.4 Å². The van der Waals surface area contributed by atoms with Crippen LogP contribution in [0.1, 0.15) is 33.6 Å². The lowest BCUT2D eigenvalue weighted by atomic mass is 9.87. The number of hydrogen-bond acceptors (Lipinski definition) is 1. The molecule has 0 aromatic carbocycles. The summed E-state index contributed by atoms with van der Waals surface area (Å²) in [5.74, 6) is 0.397. The van der Waals surface area contributed by atoms with Crippen molar-refractivity contribution in [3.8, 4) is 0 Å². The first-order valence-corrected chi connectivity index (χ1v) is 10.3. The van der Waals surface area contributed by atoms with E-state index >= 15 is 0 Å². The van der Waals surface area contributed by atoms with E-state index in [-0.39, 0.29) is 11.1 Å². The Morgan fingerprint density at radius 2 is 2.05 bits per heavy atom. The fraction of sp³-hybridized carbons (Fsp3) is 0.733. The van der Waals surface area contributed by atoms with Crippen LogP contribution >= 0.6 is 11.6 Å². The van der Waals surface area contributed by atoms with Crippen LogP contribution in [0.2, 0.25) is 18.1 Å². The highest BCUT2D eigenvalue weighted by Crippen LogP contribution is 2.40. The Bertz CT molecular complexity index is 371. The molecule has 1 fully saturated rings. The topological polar surface area (TPSA) is 9.23 Å². The van der Waals surface area contributed by atoms with Crippen molar-refractivity contribution in [2.45, 2.75) is 64.0 Å². The fourth-order valence-electron chi connectivity index (χ4n) is 2.02. The monoisotopic (exact) mass is 304 g/mol. The maximum Gasteiger partial charge on any atom is 0.192 e. The minimum absolute atomic E-state index is 0.0455. The normalized spacial score (nSPS) is 27.9. The lowest BCUT2D eigenvalue weighted by Crippen LogP contribution is -2.45. The maximum absolute atomic E-state index is 14.0. The third-order valence-corrected chi connectivity index (χ3v) is 8.99. The first kappa shape index (κ1) is 16.9. The Hall–Kier alpha value is -0.123. The standard InChI is InChI=1S/C15H26ClFOSi/c1-11-12(7-8-16)9-13(10-14(11)17)18-19(5,6)15(2,3)4/h7,13-14H,1,8-10H2,2-6H3/t13?,14-/m0/s1. The van der Waals surface area contributed by atoms with E-state index in [1.54, 1.807) is 0 Å². The van der Waals surface area contributed by atoms with Gasteiger partial charge >= 0.3 is 0 Å². The predicted octanol–water partition coefficient (Wildman–Crippen LogP) is 5.23. The molecule has 0 amide bonds. The van der Waals surface area contributed by atoms with Crippen molar-refractivity contribution in [1.29, 1.82) is 0 Å². The third kappa shape index (κ3) is 4.17. The van der Waals surface area contributed by atoms with Gasteiger partial charge in [-0.2, -0.15) is 0 Å². The zero-order valence-corrected chi connectivity index (χ0v) is 14.5. The highest BCUT2D eigenvalue weighted by Gasteiger charge is 2.41. The third-order valence-electron chi connectivity index (χ3n) is 4.30. The molecule has 19 heavy (non-hydrogen) atoms. The van der Waals surface area contributed by atoms with E-state index in [4.69, 9.17) is 16.0 Å². The molecule has 0 radical (unpaired) electrons. The smallest absolute Gasteiger partial charge is 0.192 e. The van der Waals surface area contributed by atoms with Gasteiger partial charge in [-0.15, -0.1) is 11.6 Å². The minimum Gasteiger partial charge on any atom is -0.413 e. The van der Waals surface area contributed by atoms with Crippen LogP contribution in [-0.4, -0.2) is 26.5 Å². The van der Waals surface area contributed by atoms with E-state index in [1.165, 1.54) is 0 Å². The zero-order valence-electron chi connectivity index (χ0n) is 12.7. The molecule has 1 unspecified atom stereocenters. The zero-order chi connectivity index (χ0) is 14.8. The highest BCUT2D eigenvalue weighted by atomic mass is 35.5. The Morgan fingerprint density at radius 1 is 1.47 bits per heavy atom. The fourth-order valence-corrected chi connectivity index (χ4v) is 3.58. The summed E-state index contributed by atoms with van der Waals surface area (Å²) >= 11 is 5.73. The molecule has 0 aromatic heterocycles. The molecule has 0 bridgehead atoms. The van der Waals surface area contributed by atoms with E-state index in [1.807, 2.05) is 6.08 Å². The van der Waals surface area contributed by atoms with Gasteiger partial charge in [0.2, 0.25) is 0 Å². The number of hydrogen-bond donors (Lipinski definition) is 0. The summed E-state index contributed by atoms with van der Waals surface area (Å²) in [6, 6.07) is 0. The van der Waals surface area contributed by atoms with Crippen LogP contribution in [0.25, 0.3) is 0 Å².